The van der Waals surface area contributed by atoms with Gasteiger partial charge in [-0.2, -0.15) is 0 Å². The van der Waals surface area contributed by atoms with Crippen LogP contribution in [0.3, 0.4) is 0 Å². The van der Waals surface area contributed by atoms with Crippen molar-refractivity contribution >= 4 is 11.5 Å². The van der Waals surface area contributed by atoms with Gasteiger partial charge in [-0.1, -0.05) is 48.2 Å². The van der Waals surface area contributed by atoms with Gasteiger partial charge in [0.25, 0.3) is 0 Å². The first-order valence-corrected chi connectivity index (χ1v) is 9.53. The van der Waals surface area contributed by atoms with Gasteiger partial charge in [-0.05, 0) is 60.7 Å². The number of hydrogen-bond donors (Lipinski definition) is 1. The predicted molar refractivity (Wildman–Crippen MR) is 120 cm³/mol. The van der Waals surface area contributed by atoms with Crippen LogP contribution in [0.4, 0.5) is 5.69 Å². The number of nitrogens with two attached hydrogens (primary N) is 1. The molecular weight excluding hydrogens is 370 g/mol. The van der Waals surface area contributed by atoms with Crippen LogP contribution in [0.25, 0.3) is 0 Å². The number of benzene rings is 4. The third-order valence-corrected chi connectivity index (χ3v) is 4.48. The number of carbonyl (C=O) groups is 1. The molecule has 0 spiro atoms. The average Bonchev–Trinajstić information content (AvgIpc) is 2.79. The lowest BCUT2D eigenvalue weighted by molar-refractivity contribution is 0.103. The molecule has 0 saturated heterocycles. The molecule has 0 unspecified atom stereocenters. The minimum atomic E-state index is 0.00544. The zero-order valence-electron chi connectivity index (χ0n) is 16.2. The number of hydrogen-bond acceptors (Lipinski definition) is 3. The zero-order chi connectivity index (χ0) is 20.8. The van der Waals surface area contributed by atoms with Crippen LogP contribution in [-0.4, -0.2) is 5.78 Å². The summed E-state index contributed by atoms with van der Waals surface area (Å²) in [6, 6.07) is 31.4. The highest BCUT2D eigenvalue weighted by Crippen LogP contribution is 2.23. The number of ether oxygens (including phenoxy) is 1. The summed E-state index contributed by atoms with van der Waals surface area (Å²) < 4.78 is 5.79. The normalized spacial score (nSPS) is 10.0. The van der Waals surface area contributed by atoms with Gasteiger partial charge in [-0.25, -0.2) is 0 Å². The van der Waals surface area contributed by atoms with Gasteiger partial charge in [0.15, 0.2) is 5.78 Å². The van der Waals surface area contributed by atoms with Crippen LogP contribution < -0.4 is 10.5 Å². The molecule has 30 heavy (non-hydrogen) atoms. The van der Waals surface area contributed by atoms with E-state index in [9.17, 15) is 4.79 Å². The van der Waals surface area contributed by atoms with E-state index < -0.39 is 0 Å². The fourth-order valence-corrected chi connectivity index (χ4v) is 2.93. The van der Waals surface area contributed by atoms with E-state index in [1.807, 2.05) is 97.1 Å². The number of anilines is 1. The topological polar surface area (TPSA) is 52.3 Å². The number of ketones is 1. The van der Waals surface area contributed by atoms with E-state index >= 15 is 0 Å². The fourth-order valence-electron chi connectivity index (χ4n) is 2.93. The van der Waals surface area contributed by atoms with Gasteiger partial charge in [0.1, 0.15) is 11.5 Å². The first kappa shape index (κ1) is 19.0. The average molecular weight is 389 g/mol. The van der Waals surface area contributed by atoms with Gasteiger partial charge in [-0.15, -0.1) is 0 Å². The largest absolute Gasteiger partial charge is 0.457 e. The Labute approximate surface area is 175 Å². The van der Waals surface area contributed by atoms with E-state index in [4.69, 9.17) is 10.5 Å². The van der Waals surface area contributed by atoms with Crippen LogP contribution in [0.1, 0.15) is 27.0 Å². The van der Waals surface area contributed by atoms with E-state index in [1.165, 1.54) is 0 Å². The van der Waals surface area contributed by atoms with Gasteiger partial charge >= 0.3 is 0 Å². The number of rotatable bonds is 4. The highest BCUT2D eigenvalue weighted by molar-refractivity contribution is 6.08. The molecule has 0 heterocycles. The lowest BCUT2D eigenvalue weighted by Gasteiger charge is -2.06. The van der Waals surface area contributed by atoms with Crippen molar-refractivity contribution in [1.29, 1.82) is 0 Å². The molecule has 4 aromatic carbocycles. The Kier molecular flexibility index (Phi) is 5.59. The van der Waals surface area contributed by atoms with Crippen molar-refractivity contribution < 1.29 is 9.53 Å². The molecule has 0 atom stereocenters. The summed E-state index contributed by atoms with van der Waals surface area (Å²) in [4.78, 5) is 12.5. The molecular formula is C27H19NO2. The van der Waals surface area contributed by atoms with Crippen LogP contribution in [0.5, 0.6) is 11.5 Å². The molecule has 0 amide bonds. The SMILES string of the molecule is Nc1cccc(Oc2ccc(C#Cc3ccc(C(=O)c4ccccc4)cc3)cc2)c1. The first-order valence-electron chi connectivity index (χ1n) is 9.53. The van der Waals surface area contributed by atoms with Gasteiger partial charge < -0.3 is 10.5 Å². The van der Waals surface area contributed by atoms with Gasteiger partial charge in [-0.3, -0.25) is 4.79 Å². The first-order chi connectivity index (χ1) is 14.7. The van der Waals surface area contributed by atoms with Gasteiger partial charge in [0.2, 0.25) is 0 Å². The maximum absolute atomic E-state index is 12.5. The van der Waals surface area contributed by atoms with Crippen molar-refractivity contribution in [2.45, 2.75) is 0 Å². The molecule has 4 rings (SSSR count). The van der Waals surface area contributed by atoms with Crippen LogP contribution in [-0.2, 0) is 0 Å². The Balaban J connectivity index is 1.43. The maximum atomic E-state index is 12.5. The van der Waals surface area contributed by atoms with E-state index in [1.54, 1.807) is 6.07 Å². The van der Waals surface area contributed by atoms with Crippen LogP contribution in [0.2, 0.25) is 0 Å². The monoisotopic (exact) mass is 389 g/mol. The Hall–Kier alpha value is -4.29. The lowest BCUT2D eigenvalue weighted by Crippen LogP contribution is -2.00. The summed E-state index contributed by atoms with van der Waals surface area (Å²) in [7, 11) is 0. The zero-order valence-corrected chi connectivity index (χ0v) is 16.2. The molecule has 0 aromatic heterocycles. The third-order valence-electron chi connectivity index (χ3n) is 4.48. The predicted octanol–water partition coefficient (Wildman–Crippen LogP) is 5.69. The summed E-state index contributed by atoms with van der Waals surface area (Å²) >= 11 is 0. The Morgan fingerprint density at radius 2 is 1.23 bits per heavy atom. The maximum Gasteiger partial charge on any atom is 0.193 e. The highest BCUT2D eigenvalue weighted by Gasteiger charge is 2.07. The van der Waals surface area contributed by atoms with Crippen LogP contribution in [0.15, 0.2) is 103 Å². The molecule has 0 fully saturated rings. The van der Waals surface area contributed by atoms with Gasteiger partial charge in [0.05, 0.1) is 0 Å². The van der Waals surface area contributed by atoms with Crippen molar-refractivity contribution in [3.63, 3.8) is 0 Å². The van der Waals surface area contributed by atoms with Crippen molar-refractivity contribution in [3.05, 3.63) is 125 Å². The van der Waals surface area contributed by atoms with Gasteiger partial charge in [0, 0.05) is 34.0 Å². The second-order valence-corrected chi connectivity index (χ2v) is 6.72. The molecule has 0 aliphatic rings. The Morgan fingerprint density at radius 3 is 1.87 bits per heavy atom. The summed E-state index contributed by atoms with van der Waals surface area (Å²) in [5.74, 6) is 7.67. The summed E-state index contributed by atoms with van der Waals surface area (Å²) in [5.41, 5.74) is 9.48. The quantitative estimate of drug-likeness (QED) is 0.277. The molecule has 0 aliphatic heterocycles. The molecule has 2 N–H and O–H groups in total. The summed E-state index contributed by atoms with van der Waals surface area (Å²) in [6.45, 7) is 0. The number of carbonyl (C=O) groups excluding carboxylic acids is 1. The summed E-state index contributed by atoms with van der Waals surface area (Å²) in [6.07, 6.45) is 0. The van der Waals surface area contributed by atoms with Crippen LogP contribution >= 0.6 is 0 Å². The molecule has 3 heteroatoms. The molecule has 4 aromatic rings. The summed E-state index contributed by atoms with van der Waals surface area (Å²) in [5, 5.41) is 0. The van der Waals surface area contributed by atoms with Crippen molar-refractivity contribution in [1.82, 2.24) is 0 Å². The minimum Gasteiger partial charge on any atom is -0.457 e. The fraction of sp³-hybridized carbons (Fsp3) is 0. The van der Waals surface area contributed by atoms with E-state index in [2.05, 4.69) is 11.8 Å². The third kappa shape index (κ3) is 4.76. The molecule has 0 bridgehead atoms. The smallest absolute Gasteiger partial charge is 0.193 e. The van der Waals surface area contributed by atoms with E-state index in [0.29, 0.717) is 22.6 Å². The van der Waals surface area contributed by atoms with Crippen molar-refractivity contribution in [2.24, 2.45) is 0 Å². The molecule has 0 saturated carbocycles. The van der Waals surface area contributed by atoms with E-state index in [0.717, 1.165) is 16.9 Å². The Morgan fingerprint density at radius 1 is 0.633 bits per heavy atom. The molecule has 3 nitrogen and oxygen atoms in total. The molecule has 0 aliphatic carbocycles. The van der Waals surface area contributed by atoms with Crippen molar-refractivity contribution in [3.8, 4) is 23.3 Å². The standard InChI is InChI=1S/C27H19NO2/c28-24-7-4-8-26(19-24)30-25-17-13-21(14-18-25)10-9-20-11-15-23(16-12-20)27(29)22-5-2-1-3-6-22/h1-8,11-19H,28H2. The minimum absolute atomic E-state index is 0.00544. The highest BCUT2D eigenvalue weighted by atomic mass is 16.5. The van der Waals surface area contributed by atoms with Crippen molar-refractivity contribution in [2.75, 3.05) is 5.73 Å². The molecule has 0 radical (unpaired) electrons. The Bertz CT molecular complexity index is 1220. The van der Waals surface area contributed by atoms with E-state index in [-0.39, 0.29) is 5.78 Å². The van der Waals surface area contributed by atoms with Crippen LogP contribution in [0, 0.1) is 11.8 Å². The number of nitrogen functional groups attached to an aromatic ring is 1. The second-order valence-electron chi connectivity index (χ2n) is 6.72. The molecule has 144 valence electrons. The lowest BCUT2D eigenvalue weighted by atomic mass is 10.0. The second kappa shape index (κ2) is 8.81.